The van der Waals surface area contributed by atoms with Gasteiger partial charge in [-0.25, -0.2) is 18.2 Å². The molecule has 4 rings (SSSR count). The standard InChI is InChI=1S/C27H21N3O6S/c1-35-25-15-13-22(26(29-25)36-2)20-7-5-8-21(16-20)37(33,34)30-23-9-4-3-6-19(23)12-10-18-11-14-24(27(31)32)28-17-18/h3-9,11,13-17,30H,1-2H3,(H,31,32). The first-order valence-electron chi connectivity index (χ1n) is 10.8. The summed E-state index contributed by atoms with van der Waals surface area (Å²) in [5, 5.41) is 8.97. The Hall–Kier alpha value is -4.88. The van der Waals surface area contributed by atoms with Crippen LogP contribution in [0.3, 0.4) is 0 Å². The molecule has 10 heteroatoms. The number of hydrogen-bond donors (Lipinski definition) is 2. The third-order valence-electron chi connectivity index (χ3n) is 5.19. The molecular formula is C27H21N3O6S. The summed E-state index contributed by atoms with van der Waals surface area (Å²) < 4.78 is 39.6. The summed E-state index contributed by atoms with van der Waals surface area (Å²) in [4.78, 5) is 19.1. The maximum atomic E-state index is 13.3. The second kappa shape index (κ2) is 10.8. The average molecular weight is 516 g/mol. The molecule has 186 valence electrons. The van der Waals surface area contributed by atoms with Crippen molar-refractivity contribution in [2.24, 2.45) is 0 Å². The smallest absolute Gasteiger partial charge is 0.354 e. The lowest BCUT2D eigenvalue weighted by Crippen LogP contribution is -2.14. The number of carbonyl (C=O) groups is 1. The highest BCUT2D eigenvalue weighted by molar-refractivity contribution is 7.92. The number of ether oxygens (including phenoxy) is 2. The Kier molecular flexibility index (Phi) is 7.36. The predicted molar refractivity (Wildman–Crippen MR) is 137 cm³/mol. The number of carboxylic acids is 1. The monoisotopic (exact) mass is 515 g/mol. The summed E-state index contributed by atoms with van der Waals surface area (Å²) in [5.41, 5.74) is 2.32. The number of carboxylic acid groups (broad SMARTS) is 1. The molecule has 9 nitrogen and oxygen atoms in total. The number of aromatic nitrogens is 2. The Morgan fingerprint density at radius 3 is 2.46 bits per heavy atom. The fourth-order valence-electron chi connectivity index (χ4n) is 3.36. The van der Waals surface area contributed by atoms with Crippen LogP contribution < -0.4 is 14.2 Å². The van der Waals surface area contributed by atoms with E-state index >= 15 is 0 Å². The molecule has 0 saturated heterocycles. The maximum Gasteiger partial charge on any atom is 0.354 e. The first kappa shape index (κ1) is 25.2. The number of aromatic carboxylic acids is 1. The molecule has 2 aromatic carbocycles. The molecule has 0 radical (unpaired) electrons. The quantitative estimate of drug-likeness (QED) is 0.353. The van der Waals surface area contributed by atoms with Crippen molar-refractivity contribution in [3.8, 4) is 34.7 Å². The topological polar surface area (TPSA) is 128 Å². The van der Waals surface area contributed by atoms with Gasteiger partial charge >= 0.3 is 5.97 Å². The third kappa shape index (κ3) is 5.86. The van der Waals surface area contributed by atoms with Crippen LogP contribution in [-0.4, -0.2) is 43.7 Å². The van der Waals surface area contributed by atoms with Gasteiger partial charge in [0.15, 0.2) is 0 Å². The van der Waals surface area contributed by atoms with E-state index in [0.717, 1.165) is 0 Å². The Bertz CT molecular complexity index is 1620. The molecule has 0 aliphatic heterocycles. The van der Waals surface area contributed by atoms with E-state index < -0.39 is 16.0 Å². The first-order valence-corrected chi connectivity index (χ1v) is 12.3. The molecule has 0 fully saturated rings. The minimum atomic E-state index is -3.98. The number of hydrogen-bond acceptors (Lipinski definition) is 7. The van der Waals surface area contributed by atoms with E-state index in [-0.39, 0.29) is 10.6 Å². The zero-order valence-electron chi connectivity index (χ0n) is 19.8. The van der Waals surface area contributed by atoms with E-state index in [1.807, 2.05) is 0 Å². The summed E-state index contributed by atoms with van der Waals surface area (Å²) >= 11 is 0. The molecule has 37 heavy (non-hydrogen) atoms. The lowest BCUT2D eigenvalue weighted by atomic mass is 10.1. The Morgan fingerprint density at radius 1 is 0.946 bits per heavy atom. The van der Waals surface area contributed by atoms with Gasteiger partial charge in [-0.1, -0.05) is 36.1 Å². The number of methoxy groups -OCH3 is 2. The lowest BCUT2D eigenvalue weighted by Gasteiger charge is -2.12. The predicted octanol–water partition coefficient (Wildman–Crippen LogP) is 4.06. The molecule has 0 atom stereocenters. The van der Waals surface area contributed by atoms with Crippen molar-refractivity contribution in [3.05, 3.63) is 95.8 Å². The number of nitrogens with zero attached hydrogens (tertiary/aromatic N) is 2. The van der Waals surface area contributed by atoms with Gasteiger partial charge < -0.3 is 14.6 Å². The van der Waals surface area contributed by atoms with Crippen LogP contribution in [-0.2, 0) is 10.0 Å². The second-order valence-corrected chi connectivity index (χ2v) is 9.26. The number of sulfonamides is 1. The maximum absolute atomic E-state index is 13.3. The lowest BCUT2D eigenvalue weighted by molar-refractivity contribution is 0.0690. The van der Waals surface area contributed by atoms with Gasteiger partial charge in [-0.15, -0.1) is 0 Å². The van der Waals surface area contributed by atoms with E-state index in [1.165, 1.54) is 44.7 Å². The molecule has 2 N–H and O–H groups in total. The number of pyridine rings is 2. The summed E-state index contributed by atoms with van der Waals surface area (Å²) in [6.45, 7) is 0. The van der Waals surface area contributed by atoms with Crippen molar-refractivity contribution in [1.29, 1.82) is 0 Å². The van der Waals surface area contributed by atoms with Crippen LogP contribution in [0.2, 0.25) is 0 Å². The fraction of sp³-hybridized carbons (Fsp3) is 0.0741. The molecule has 0 spiro atoms. The average Bonchev–Trinajstić information content (AvgIpc) is 2.92. The molecule has 0 saturated carbocycles. The molecule has 4 aromatic rings. The molecule has 0 unspecified atom stereocenters. The number of para-hydroxylation sites is 1. The van der Waals surface area contributed by atoms with E-state index in [2.05, 4.69) is 26.5 Å². The van der Waals surface area contributed by atoms with Gasteiger partial charge in [-0.3, -0.25) is 4.72 Å². The molecular weight excluding hydrogens is 494 g/mol. The Labute approximate surface area is 213 Å². The number of rotatable bonds is 7. The molecule has 0 aliphatic carbocycles. The van der Waals surface area contributed by atoms with Crippen molar-refractivity contribution >= 4 is 21.7 Å². The summed E-state index contributed by atoms with van der Waals surface area (Å²) in [6, 6.07) is 19.4. The summed E-state index contributed by atoms with van der Waals surface area (Å²) in [6.07, 6.45) is 1.34. The largest absolute Gasteiger partial charge is 0.481 e. The van der Waals surface area contributed by atoms with Crippen molar-refractivity contribution < 1.29 is 27.8 Å². The van der Waals surface area contributed by atoms with Gasteiger partial charge in [0.1, 0.15) is 5.69 Å². The number of anilines is 1. The van der Waals surface area contributed by atoms with Crippen LogP contribution in [0.1, 0.15) is 21.6 Å². The Morgan fingerprint density at radius 2 is 1.76 bits per heavy atom. The van der Waals surface area contributed by atoms with Gasteiger partial charge in [-0.2, -0.15) is 4.98 Å². The minimum absolute atomic E-state index is 0.0408. The fourth-order valence-corrected chi connectivity index (χ4v) is 4.49. The molecule has 2 aromatic heterocycles. The van der Waals surface area contributed by atoms with Gasteiger partial charge in [0.25, 0.3) is 10.0 Å². The zero-order valence-corrected chi connectivity index (χ0v) is 20.6. The molecule has 2 heterocycles. The van der Waals surface area contributed by atoms with E-state index in [1.54, 1.807) is 48.5 Å². The van der Waals surface area contributed by atoms with E-state index in [4.69, 9.17) is 14.6 Å². The van der Waals surface area contributed by atoms with Crippen LogP contribution in [0.15, 0.2) is 83.9 Å². The van der Waals surface area contributed by atoms with Crippen LogP contribution in [0.25, 0.3) is 11.1 Å². The van der Waals surface area contributed by atoms with Gasteiger partial charge in [-0.05, 0) is 48.0 Å². The van der Waals surface area contributed by atoms with Crippen LogP contribution in [0.4, 0.5) is 5.69 Å². The number of nitrogens with one attached hydrogen (secondary N) is 1. The molecule has 0 aliphatic rings. The van der Waals surface area contributed by atoms with Gasteiger partial charge in [0, 0.05) is 29.0 Å². The van der Waals surface area contributed by atoms with Gasteiger partial charge in [0.05, 0.1) is 24.8 Å². The summed E-state index contributed by atoms with van der Waals surface area (Å²) in [7, 11) is -1.01. The van der Waals surface area contributed by atoms with E-state index in [0.29, 0.717) is 39.7 Å². The zero-order chi connectivity index (χ0) is 26.4. The highest BCUT2D eigenvalue weighted by Gasteiger charge is 2.18. The normalized spacial score (nSPS) is 10.6. The molecule has 0 bridgehead atoms. The van der Waals surface area contributed by atoms with Crippen LogP contribution in [0.5, 0.6) is 11.8 Å². The van der Waals surface area contributed by atoms with Gasteiger partial charge in [0.2, 0.25) is 11.8 Å². The van der Waals surface area contributed by atoms with Crippen molar-refractivity contribution in [2.75, 3.05) is 18.9 Å². The second-order valence-electron chi connectivity index (χ2n) is 7.58. The Balaban J connectivity index is 1.63. The van der Waals surface area contributed by atoms with Crippen LogP contribution in [0, 0.1) is 11.8 Å². The molecule has 0 amide bonds. The van der Waals surface area contributed by atoms with Crippen molar-refractivity contribution in [2.45, 2.75) is 4.90 Å². The van der Waals surface area contributed by atoms with E-state index in [9.17, 15) is 13.2 Å². The minimum Gasteiger partial charge on any atom is -0.481 e. The van der Waals surface area contributed by atoms with Crippen molar-refractivity contribution in [3.63, 3.8) is 0 Å². The van der Waals surface area contributed by atoms with Crippen LogP contribution >= 0.6 is 0 Å². The highest BCUT2D eigenvalue weighted by Crippen LogP contribution is 2.32. The SMILES string of the molecule is COc1ccc(-c2cccc(S(=O)(=O)Nc3ccccc3C#Cc3ccc(C(=O)O)nc3)c2)c(OC)n1. The first-order chi connectivity index (χ1) is 17.8. The summed E-state index contributed by atoms with van der Waals surface area (Å²) in [5.74, 6) is 5.33. The highest BCUT2D eigenvalue weighted by atomic mass is 32.2. The number of benzene rings is 2. The third-order valence-corrected chi connectivity index (χ3v) is 6.55. The van der Waals surface area contributed by atoms with Crippen molar-refractivity contribution in [1.82, 2.24) is 9.97 Å².